The molecule has 35 heavy (non-hydrogen) atoms. The maximum atomic E-state index is 12.7. The van der Waals surface area contributed by atoms with Gasteiger partial charge in [-0.3, -0.25) is 0 Å². The number of hydrogen-bond donors (Lipinski definition) is 2. The first-order chi connectivity index (χ1) is 16.7. The second-order valence-electron chi connectivity index (χ2n) is 9.84. The summed E-state index contributed by atoms with van der Waals surface area (Å²) in [6.45, 7) is 6.38. The number of fused-ring (bicyclic) bond motifs is 3. The lowest BCUT2D eigenvalue weighted by Gasteiger charge is -2.22. The topological polar surface area (TPSA) is 84.9 Å². The molecular formula is C29H31NO5. The van der Waals surface area contributed by atoms with Gasteiger partial charge in [0.2, 0.25) is 0 Å². The number of carbonyl (C=O) groups is 2. The Kier molecular flexibility index (Phi) is 6.83. The average molecular weight is 474 g/mol. The summed E-state index contributed by atoms with van der Waals surface area (Å²) < 4.78 is 11.0. The maximum absolute atomic E-state index is 12.7. The molecule has 1 amide bonds. The average Bonchev–Trinajstić information content (AvgIpc) is 3.15. The van der Waals surface area contributed by atoms with Gasteiger partial charge in [0.25, 0.3) is 0 Å². The highest BCUT2D eigenvalue weighted by Crippen LogP contribution is 2.44. The molecule has 1 aliphatic carbocycles. The molecule has 0 aliphatic heterocycles. The van der Waals surface area contributed by atoms with Crippen LogP contribution in [0.4, 0.5) is 4.79 Å². The summed E-state index contributed by atoms with van der Waals surface area (Å²) in [6.07, 6.45) is -0.683. The van der Waals surface area contributed by atoms with Gasteiger partial charge in [0, 0.05) is 12.3 Å². The van der Waals surface area contributed by atoms with Crippen molar-refractivity contribution in [3.05, 3.63) is 89.0 Å². The number of rotatable bonds is 7. The van der Waals surface area contributed by atoms with Crippen molar-refractivity contribution in [3.63, 3.8) is 0 Å². The van der Waals surface area contributed by atoms with E-state index in [0.29, 0.717) is 11.3 Å². The zero-order valence-corrected chi connectivity index (χ0v) is 20.5. The van der Waals surface area contributed by atoms with Gasteiger partial charge in [-0.15, -0.1) is 0 Å². The van der Waals surface area contributed by atoms with E-state index in [1.807, 2.05) is 54.6 Å². The summed E-state index contributed by atoms with van der Waals surface area (Å²) in [6, 6.07) is 20.7. The fourth-order valence-electron chi connectivity index (χ4n) is 4.61. The first-order valence-electron chi connectivity index (χ1n) is 11.7. The largest absolute Gasteiger partial charge is 0.496 e. The third-order valence-electron chi connectivity index (χ3n) is 6.50. The van der Waals surface area contributed by atoms with Gasteiger partial charge in [-0.1, -0.05) is 81.4 Å². The van der Waals surface area contributed by atoms with Gasteiger partial charge < -0.3 is 19.9 Å². The molecule has 2 N–H and O–H groups in total. The van der Waals surface area contributed by atoms with Crippen LogP contribution in [0.15, 0.2) is 66.7 Å². The molecule has 0 aromatic heterocycles. The molecule has 182 valence electrons. The van der Waals surface area contributed by atoms with E-state index in [1.165, 1.54) is 0 Å². The number of methoxy groups -OCH3 is 1. The lowest BCUT2D eigenvalue weighted by Crippen LogP contribution is -2.43. The Morgan fingerprint density at radius 1 is 0.971 bits per heavy atom. The van der Waals surface area contributed by atoms with Crippen LogP contribution in [-0.4, -0.2) is 36.9 Å². The standard InChI is InChI=1S/C29H31NO5/c1-29(2,3)19-13-14-26(34-4)18(15-19)16-25(27(31)32)30-28(33)35-17-24-22-11-7-5-9-20(22)21-10-6-8-12-23(21)24/h5-15,24-25H,16-17H2,1-4H3,(H,30,33)(H,31,32). The van der Waals surface area contributed by atoms with Crippen LogP contribution in [0.1, 0.15) is 48.9 Å². The molecule has 4 rings (SSSR count). The van der Waals surface area contributed by atoms with Crippen molar-refractivity contribution in [3.8, 4) is 16.9 Å². The normalized spacial score (nSPS) is 13.5. The number of carboxylic acids is 1. The van der Waals surface area contributed by atoms with Crippen LogP contribution in [-0.2, 0) is 21.4 Å². The first-order valence-corrected chi connectivity index (χ1v) is 11.7. The second kappa shape index (κ2) is 9.82. The van der Waals surface area contributed by atoms with Crippen LogP contribution in [0.2, 0.25) is 0 Å². The number of hydrogen-bond acceptors (Lipinski definition) is 4. The number of carboxylic acid groups (broad SMARTS) is 1. The molecule has 6 nitrogen and oxygen atoms in total. The van der Waals surface area contributed by atoms with E-state index >= 15 is 0 Å². The number of carbonyl (C=O) groups excluding carboxylic acids is 1. The molecule has 0 radical (unpaired) electrons. The van der Waals surface area contributed by atoms with Crippen molar-refractivity contribution in [2.45, 2.75) is 44.6 Å². The molecule has 0 spiro atoms. The van der Waals surface area contributed by atoms with Crippen molar-refractivity contribution in [2.75, 3.05) is 13.7 Å². The van der Waals surface area contributed by atoms with Crippen LogP contribution in [0.3, 0.4) is 0 Å². The third-order valence-corrected chi connectivity index (χ3v) is 6.50. The van der Waals surface area contributed by atoms with Gasteiger partial charge in [0.15, 0.2) is 0 Å². The number of alkyl carbamates (subject to hydrolysis) is 1. The van der Waals surface area contributed by atoms with Gasteiger partial charge in [-0.2, -0.15) is 0 Å². The Labute approximate surface area is 205 Å². The molecule has 1 atom stereocenters. The van der Waals surface area contributed by atoms with E-state index in [0.717, 1.165) is 27.8 Å². The van der Waals surface area contributed by atoms with Crippen LogP contribution in [0, 0.1) is 0 Å². The van der Waals surface area contributed by atoms with E-state index in [4.69, 9.17) is 9.47 Å². The minimum atomic E-state index is -1.16. The Bertz CT molecular complexity index is 1200. The number of benzene rings is 3. The van der Waals surface area contributed by atoms with E-state index in [1.54, 1.807) is 7.11 Å². The number of nitrogens with one attached hydrogen (secondary N) is 1. The maximum Gasteiger partial charge on any atom is 0.407 e. The molecule has 1 unspecified atom stereocenters. The van der Waals surface area contributed by atoms with Gasteiger partial charge in [0.05, 0.1) is 7.11 Å². The summed E-state index contributed by atoms with van der Waals surface area (Å²) in [5.74, 6) is -0.653. The monoisotopic (exact) mass is 473 g/mol. The molecule has 3 aromatic carbocycles. The molecule has 0 fully saturated rings. The lowest BCUT2D eigenvalue weighted by atomic mass is 9.85. The molecule has 0 saturated carbocycles. The second-order valence-corrected chi connectivity index (χ2v) is 9.84. The molecule has 0 heterocycles. The van der Waals surface area contributed by atoms with Gasteiger partial charge >= 0.3 is 12.1 Å². The molecule has 6 heteroatoms. The van der Waals surface area contributed by atoms with Crippen molar-refractivity contribution >= 4 is 12.1 Å². The highest BCUT2D eigenvalue weighted by atomic mass is 16.5. The van der Waals surface area contributed by atoms with Gasteiger partial charge in [0.1, 0.15) is 18.4 Å². The zero-order chi connectivity index (χ0) is 25.2. The molecule has 1 aliphatic rings. The minimum Gasteiger partial charge on any atom is -0.496 e. The van der Waals surface area contributed by atoms with Crippen molar-refractivity contribution < 1.29 is 24.2 Å². The predicted octanol–water partition coefficient (Wildman–Crippen LogP) is 5.53. The molecule has 0 bridgehead atoms. The smallest absolute Gasteiger partial charge is 0.407 e. The van der Waals surface area contributed by atoms with Crippen LogP contribution < -0.4 is 10.1 Å². The van der Waals surface area contributed by atoms with E-state index < -0.39 is 18.1 Å². The quantitative estimate of drug-likeness (QED) is 0.472. The zero-order valence-electron chi connectivity index (χ0n) is 20.5. The van der Waals surface area contributed by atoms with Crippen LogP contribution in [0.25, 0.3) is 11.1 Å². The van der Waals surface area contributed by atoms with E-state index in [2.05, 4.69) is 38.2 Å². The lowest BCUT2D eigenvalue weighted by molar-refractivity contribution is -0.139. The predicted molar refractivity (Wildman–Crippen MR) is 135 cm³/mol. The Morgan fingerprint density at radius 3 is 2.11 bits per heavy atom. The minimum absolute atomic E-state index is 0.0760. The SMILES string of the molecule is COc1ccc(C(C)(C)C)cc1CC(NC(=O)OCC1c2ccccc2-c2ccccc21)C(=O)O. The van der Waals surface area contributed by atoms with Gasteiger partial charge in [-0.05, 0) is 44.9 Å². The summed E-state index contributed by atoms with van der Waals surface area (Å²) >= 11 is 0. The van der Waals surface area contributed by atoms with Crippen LogP contribution >= 0.6 is 0 Å². The molecular weight excluding hydrogens is 442 g/mol. The Hall–Kier alpha value is -3.80. The summed E-state index contributed by atoms with van der Waals surface area (Å²) in [4.78, 5) is 24.7. The van der Waals surface area contributed by atoms with Crippen molar-refractivity contribution in [1.82, 2.24) is 5.32 Å². The summed E-state index contributed by atoms with van der Waals surface area (Å²) in [5, 5.41) is 12.3. The Morgan fingerprint density at radius 2 is 1.57 bits per heavy atom. The van der Waals surface area contributed by atoms with Crippen LogP contribution in [0.5, 0.6) is 5.75 Å². The first kappa shape index (κ1) is 24.3. The molecule has 0 saturated heterocycles. The fourth-order valence-corrected chi connectivity index (χ4v) is 4.61. The van der Waals surface area contributed by atoms with E-state index in [-0.39, 0.29) is 24.4 Å². The Balaban J connectivity index is 1.47. The van der Waals surface area contributed by atoms with Crippen molar-refractivity contribution in [2.24, 2.45) is 0 Å². The highest BCUT2D eigenvalue weighted by Gasteiger charge is 2.30. The van der Waals surface area contributed by atoms with E-state index in [9.17, 15) is 14.7 Å². The number of amides is 1. The molecule has 3 aromatic rings. The number of aliphatic carboxylic acids is 1. The third kappa shape index (κ3) is 5.16. The summed E-state index contributed by atoms with van der Waals surface area (Å²) in [5.41, 5.74) is 6.11. The fraction of sp³-hybridized carbons (Fsp3) is 0.310. The highest BCUT2D eigenvalue weighted by molar-refractivity contribution is 5.81. The number of ether oxygens (including phenoxy) is 2. The van der Waals surface area contributed by atoms with Gasteiger partial charge in [-0.25, -0.2) is 9.59 Å². The van der Waals surface area contributed by atoms with Crippen molar-refractivity contribution in [1.29, 1.82) is 0 Å². The summed E-state index contributed by atoms with van der Waals surface area (Å²) in [7, 11) is 1.55.